The second kappa shape index (κ2) is 12.0. The van der Waals surface area contributed by atoms with E-state index in [1.807, 2.05) is 5.70 Å². The molecule has 0 aromatic rings. The molecule has 0 fully saturated rings. The Balaban J connectivity index is 6.85. The third kappa shape index (κ3) is 6.57. The molecule has 0 aromatic carbocycles. The molecule has 0 spiro atoms. The van der Waals surface area contributed by atoms with Crippen LogP contribution < -0.4 is 0 Å². The highest BCUT2D eigenvalue weighted by Crippen LogP contribution is 2.57. The molecule has 0 aliphatic heterocycles. The summed E-state index contributed by atoms with van der Waals surface area (Å²) < 4.78 is 21.8. The van der Waals surface area contributed by atoms with Crippen LogP contribution in [0.2, 0.25) is 50.9 Å². The largest absolute Gasteiger partial charge is 0.410 e. The Bertz CT molecular complexity index is 782. The third-order valence-corrected chi connectivity index (χ3v) is 25.7. The topological polar surface area (TPSA) is 27.7 Å². The molecule has 0 aliphatic rings. The summed E-state index contributed by atoms with van der Waals surface area (Å²) in [5.41, 5.74) is 6.00. The van der Waals surface area contributed by atoms with Gasteiger partial charge in [0.15, 0.2) is 0 Å². The average Bonchev–Trinajstić information content (AvgIpc) is 2.81. The van der Waals surface area contributed by atoms with E-state index in [1.165, 1.54) is 0 Å². The minimum Gasteiger partial charge on any atom is -0.410 e. The highest BCUT2D eigenvalue weighted by Gasteiger charge is 2.62. The molecule has 0 rings (SSSR count). The first-order valence-electron chi connectivity index (χ1n) is 14.1. The zero-order chi connectivity index (χ0) is 29.1. The summed E-state index contributed by atoms with van der Waals surface area (Å²) in [5.74, 6) is 0. The quantitative estimate of drug-likeness (QED) is 0.163. The van der Waals surface area contributed by atoms with Gasteiger partial charge in [0, 0.05) is 10.3 Å². The van der Waals surface area contributed by atoms with Crippen molar-refractivity contribution >= 4 is 33.0 Å². The molecule has 0 bridgehead atoms. The molecular weight excluding hydrogens is 509 g/mol. The van der Waals surface area contributed by atoms with Crippen LogP contribution in [-0.4, -0.2) is 49.1 Å². The standard InChI is InChI=1S/C29H62O3Si4/c1-19-26(8,30-35(16,17)29(11,22-4)31-34(14,15)24-6)27(9,20-2)36(18,25-7)32-28(10,21-3)33(12,13)23-5/h23-25H,5-7,19-22H2,1-4,8-18H3/t26?,27?,28-,29?,36?/m1/s1. The lowest BCUT2D eigenvalue weighted by atomic mass is 9.85. The number of hydrogen-bond donors (Lipinski definition) is 0. The highest BCUT2D eigenvalue weighted by molar-refractivity contribution is 6.87. The molecule has 7 heteroatoms. The van der Waals surface area contributed by atoms with E-state index >= 15 is 0 Å². The van der Waals surface area contributed by atoms with Crippen LogP contribution in [0, 0.1) is 0 Å². The Hall–Kier alpha value is -0.0325. The Kier molecular flexibility index (Phi) is 12.0. The molecule has 4 unspecified atom stereocenters. The van der Waals surface area contributed by atoms with Gasteiger partial charge in [-0.3, -0.25) is 0 Å². The summed E-state index contributed by atoms with van der Waals surface area (Å²) in [6.07, 6.45) is 3.74. The van der Waals surface area contributed by atoms with Crippen molar-refractivity contribution in [3.63, 3.8) is 0 Å². The zero-order valence-corrected chi connectivity index (χ0v) is 30.9. The van der Waals surface area contributed by atoms with Gasteiger partial charge < -0.3 is 13.3 Å². The van der Waals surface area contributed by atoms with Crippen molar-refractivity contribution < 1.29 is 13.3 Å². The minimum atomic E-state index is -2.54. The van der Waals surface area contributed by atoms with Gasteiger partial charge in [-0.25, -0.2) is 0 Å². The minimum absolute atomic E-state index is 0.192. The Labute approximate surface area is 230 Å². The fraction of sp³-hybridized carbons (Fsp3) is 0.793. The van der Waals surface area contributed by atoms with Crippen LogP contribution in [0.3, 0.4) is 0 Å². The van der Waals surface area contributed by atoms with Gasteiger partial charge >= 0.3 is 0 Å². The molecule has 0 saturated carbocycles. The van der Waals surface area contributed by atoms with E-state index in [2.05, 4.69) is 132 Å². The second-order valence-corrected chi connectivity index (χ2v) is 30.2. The summed E-state index contributed by atoms with van der Waals surface area (Å²) >= 11 is 0. The maximum absolute atomic E-state index is 7.49. The molecular formula is C29H62O3Si4. The zero-order valence-electron chi connectivity index (χ0n) is 26.9. The number of hydrogen-bond acceptors (Lipinski definition) is 3. The van der Waals surface area contributed by atoms with E-state index in [4.69, 9.17) is 13.3 Å². The fourth-order valence-electron chi connectivity index (χ4n) is 5.46. The van der Waals surface area contributed by atoms with E-state index in [0.29, 0.717) is 0 Å². The van der Waals surface area contributed by atoms with Gasteiger partial charge in [0.25, 0.3) is 0 Å². The van der Waals surface area contributed by atoms with Crippen LogP contribution in [-0.2, 0) is 13.3 Å². The monoisotopic (exact) mass is 570 g/mol. The SMILES string of the molecule is C=C[Si](C)(C)OC(C)(CC)[Si](C)(C)OC(C)(CC)C(C)(CC)[Si](C)(C=C)O[C@@](C)(CC)[Si](C)(C)C=C. The molecule has 5 atom stereocenters. The number of rotatable bonds is 17. The van der Waals surface area contributed by atoms with Crippen molar-refractivity contribution in [1.29, 1.82) is 0 Å². The van der Waals surface area contributed by atoms with Crippen LogP contribution >= 0.6 is 0 Å². The van der Waals surface area contributed by atoms with Gasteiger partial charge in [-0.2, -0.15) is 0 Å². The highest BCUT2D eigenvalue weighted by atomic mass is 28.4. The summed E-state index contributed by atoms with van der Waals surface area (Å²) in [4.78, 5) is 0. The predicted octanol–water partition coefficient (Wildman–Crippen LogP) is 9.66. The smallest absolute Gasteiger partial charge is 0.222 e. The molecule has 0 aliphatic carbocycles. The lowest BCUT2D eigenvalue weighted by Gasteiger charge is -2.60. The summed E-state index contributed by atoms with van der Waals surface area (Å²) in [6.45, 7) is 47.2. The van der Waals surface area contributed by atoms with Crippen LogP contribution in [0.15, 0.2) is 36.8 Å². The van der Waals surface area contributed by atoms with Crippen LogP contribution in [0.25, 0.3) is 0 Å². The van der Waals surface area contributed by atoms with Crippen molar-refractivity contribution in [2.75, 3.05) is 0 Å². The van der Waals surface area contributed by atoms with E-state index < -0.39 is 33.0 Å². The molecule has 0 aromatic heterocycles. The molecule has 0 saturated heterocycles. The molecule has 0 N–H and O–H groups in total. The summed E-state index contributed by atoms with van der Waals surface area (Å²) in [5, 5.41) is -0.726. The molecule has 0 heterocycles. The third-order valence-electron chi connectivity index (χ3n) is 10.4. The lowest BCUT2D eigenvalue weighted by molar-refractivity contribution is -0.0108. The van der Waals surface area contributed by atoms with Gasteiger partial charge in [-0.05, 0) is 79.2 Å². The van der Waals surface area contributed by atoms with Gasteiger partial charge in [0.1, 0.15) is 8.07 Å². The van der Waals surface area contributed by atoms with Crippen molar-refractivity contribution in [3.8, 4) is 0 Å². The van der Waals surface area contributed by atoms with E-state index in [1.54, 1.807) is 0 Å². The summed E-state index contributed by atoms with van der Waals surface area (Å²) in [6, 6.07) is 0. The maximum atomic E-state index is 7.49. The Morgan fingerprint density at radius 2 is 1.06 bits per heavy atom. The molecule has 3 nitrogen and oxygen atoms in total. The molecule has 36 heavy (non-hydrogen) atoms. The fourth-order valence-corrected chi connectivity index (χ4v) is 18.1. The molecule has 0 radical (unpaired) electrons. The first-order valence-corrected chi connectivity index (χ1v) is 25.5. The van der Waals surface area contributed by atoms with Gasteiger partial charge in [-0.1, -0.05) is 64.8 Å². The molecule has 0 amide bonds. The van der Waals surface area contributed by atoms with Gasteiger partial charge in [0.05, 0.1) is 10.8 Å². The van der Waals surface area contributed by atoms with E-state index in [9.17, 15) is 0 Å². The van der Waals surface area contributed by atoms with Crippen LogP contribution in [0.4, 0.5) is 0 Å². The van der Waals surface area contributed by atoms with Crippen LogP contribution in [0.1, 0.15) is 81.1 Å². The Morgan fingerprint density at radius 3 is 1.36 bits per heavy atom. The first kappa shape index (κ1) is 36.0. The van der Waals surface area contributed by atoms with Crippen molar-refractivity contribution in [2.45, 2.75) is 148 Å². The molecule has 212 valence electrons. The van der Waals surface area contributed by atoms with Crippen LogP contribution in [0.5, 0.6) is 0 Å². The predicted molar refractivity (Wildman–Crippen MR) is 173 cm³/mol. The van der Waals surface area contributed by atoms with Crippen molar-refractivity contribution in [3.05, 3.63) is 36.8 Å². The van der Waals surface area contributed by atoms with Crippen molar-refractivity contribution in [2.24, 2.45) is 0 Å². The van der Waals surface area contributed by atoms with E-state index in [-0.39, 0.29) is 21.1 Å². The maximum Gasteiger partial charge on any atom is 0.222 e. The second-order valence-electron chi connectivity index (χ2n) is 13.3. The van der Waals surface area contributed by atoms with E-state index in [0.717, 1.165) is 25.7 Å². The normalized spacial score (nSPS) is 21.8. The Morgan fingerprint density at radius 1 is 0.583 bits per heavy atom. The lowest BCUT2D eigenvalue weighted by Crippen LogP contribution is -2.68. The van der Waals surface area contributed by atoms with Crippen molar-refractivity contribution in [1.82, 2.24) is 0 Å². The average molecular weight is 571 g/mol. The van der Waals surface area contributed by atoms with Gasteiger partial charge in [-0.15, -0.1) is 19.7 Å². The first-order chi connectivity index (χ1) is 16.0. The summed E-state index contributed by atoms with van der Waals surface area (Å²) in [7, 11) is -8.78. The van der Waals surface area contributed by atoms with Gasteiger partial charge in [0.2, 0.25) is 25.0 Å².